The van der Waals surface area contributed by atoms with E-state index in [9.17, 15) is 9.59 Å². The van der Waals surface area contributed by atoms with Crippen LogP contribution in [0.3, 0.4) is 0 Å². The van der Waals surface area contributed by atoms with Crippen LogP contribution in [0, 0.1) is 6.92 Å². The fourth-order valence-corrected chi connectivity index (χ4v) is 2.86. The Kier molecular flexibility index (Phi) is 4.30. The van der Waals surface area contributed by atoms with Gasteiger partial charge in [-0.25, -0.2) is 0 Å². The highest BCUT2D eigenvalue weighted by atomic mass is 79.9. The van der Waals surface area contributed by atoms with Gasteiger partial charge in [0.15, 0.2) is 5.43 Å². The van der Waals surface area contributed by atoms with E-state index in [1.54, 1.807) is 16.8 Å². The van der Waals surface area contributed by atoms with E-state index in [4.69, 9.17) is 0 Å². The summed E-state index contributed by atoms with van der Waals surface area (Å²) in [6.07, 6.45) is 1.65. The fraction of sp³-hybridized carbons (Fsp3) is 0.111. The van der Waals surface area contributed by atoms with Gasteiger partial charge in [-0.3, -0.25) is 9.59 Å². The van der Waals surface area contributed by atoms with E-state index in [0.717, 1.165) is 21.2 Å². The summed E-state index contributed by atoms with van der Waals surface area (Å²) in [6, 6.07) is 14.6. The number of aryl methyl sites for hydroxylation is 1. The highest BCUT2D eigenvalue weighted by Gasteiger charge is 2.08. The molecule has 1 heterocycles. The summed E-state index contributed by atoms with van der Waals surface area (Å²) < 4.78 is 2.61. The SMILES string of the molecule is Cc1cccc(NC(=O)Cn2ccc(=O)c3cc(Br)ccc32)c1. The third-order valence-electron chi connectivity index (χ3n) is 3.56. The first kappa shape index (κ1) is 15.5. The van der Waals surface area contributed by atoms with Crippen LogP contribution in [-0.4, -0.2) is 10.5 Å². The Morgan fingerprint density at radius 2 is 2.00 bits per heavy atom. The largest absolute Gasteiger partial charge is 0.338 e. The molecule has 0 radical (unpaired) electrons. The Bertz CT molecular complexity index is 947. The lowest BCUT2D eigenvalue weighted by molar-refractivity contribution is -0.116. The van der Waals surface area contributed by atoms with Crippen molar-refractivity contribution in [2.75, 3.05) is 5.32 Å². The highest BCUT2D eigenvalue weighted by molar-refractivity contribution is 9.10. The number of nitrogens with one attached hydrogen (secondary N) is 1. The number of carbonyl (C=O) groups excluding carboxylic acids is 1. The van der Waals surface area contributed by atoms with E-state index < -0.39 is 0 Å². The second-order valence-corrected chi connectivity index (χ2v) is 6.30. The lowest BCUT2D eigenvalue weighted by Gasteiger charge is -2.11. The summed E-state index contributed by atoms with van der Waals surface area (Å²) in [6.45, 7) is 2.12. The first-order valence-electron chi connectivity index (χ1n) is 7.18. The molecule has 0 aliphatic rings. The van der Waals surface area contributed by atoms with Gasteiger partial charge in [-0.05, 0) is 42.8 Å². The maximum atomic E-state index is 12.3. The van der Waals surface area contributed by atoms with Crippen LogP contribution in [0.4, 0.5) is 5.69 Å². The highest BCUT2D eigenvalue weighted by Crippen LogP contribution is 2.17. The molecule has 116 valence electrons. The molecule has 0 spiro atoms. The van der Waals surface area contributed by atoms with Gasteiger partial charge in [0.2, 0.25) is 5.91 Å². The molecule has 2 aromatic carbocycles. The Morgan fingerprint density at radius 1 is 1.17 bits per heavy atom. The van der Waals surface area contributed by atoms with E-state index >= 15 is 0 Å². The van der Waals surface area contributed by atoms with Crippen LogP contribution in [0.15, 0.2) is 64.0 Å². The molecule has 0 fully saturated rings. The van der Waals surface area contributed by atoms with Gasteiger partial charge in [0.05, 0.1) is 5.52 Å². The van der Waals surface area contributed by atoms with Crippen molar-refractivity contribution in [3.05, 3.63) is 75.0 Å². The van der Waals surface area contributed by atoms with Crippen molar-refractivity contribution in [3.63, 3.8) is 0 Å². The molecule has 5 heteroatoms. The summed E-state index contributed by atoms with van der Waals surface area (Å²) >= 11 is 3.37. The van der Waals surface area contributed by atoms with Crippen molar-refractivity contribution in [1.29, 1.82) is 0 Å². The average Bonchev–Trinajstić information content (AvgIpc) is 2.50. The number of fused-ring (bicyclic) bond motifs is 1. The lowest BCUT2D eigenvalue weighted by atomic mass is 10.2. The van der Waals surface area contributed by atoms with Crippen LogP contribution < -0.4 is 10.7 Å². The van der Waals surface area contributed by atoms with Crippen molar-refractivity contribution in [1.82, 2.24) is 4.57 Å². The van der Waals surface area contributed by atoms with Gasteiger partial charge in [0, 0.05) is 27.8 Å². The molecule has 0 saturated carbocycles. The molecule has 3 aromatic rings. The number of carbonyl (C=O) groups is 1. The number of hydrogen-bond acceptors (Lipinski definition) is 2. The molecule has 4 nitrogen and oxygen atoms in total. The molecular formula is C18H15BrN2O2. The Hall–Kier alpha value is -2.40. The number of pyridine rings is 1. The van der Waals surface area contributed by atoms with Crippen molar-refractivity contribution in [3.8, 4) is 0 Å². The van der Waals surface area contributed by atoms with E-state index in [2.05, 4.69) is 21.2 Å². The van der Waals surface area contributed by atoms with E-state index in [1.165, 1.54) is 6.07 Å². The first-order valence-corrected chi connectivity index (χ1v) is 7.97. The molecule has 1 N–H and O–H groups in total. The second-order valence-electron chi connectivity index (χ2n) is 5.39. The molecule has 1 aromatic heterocycles. The predicted molar refractivity (Wildman–Crippen MR) is 95.7 cm³/mol. The molecule has 0 atom stereocenters. The van der Waals surface area contributed by atoms with Crippen molar-refractivity contribution in [2.45, 2.75) is 13.5 Å². The predicted octanol–water partition coefficient (Wildman–Crippen LogP) is 3.71. The number of amides is 1. The molecular weight excluding hydrogens is 356 g/mol. The third kappa shape index (κ3) is 3.51. The van der Waals surface area contributed by atoms with Gasteiger partial charge < -0.3 is 9.88 Å². The topological polar surface area (TPSA) is 51.1 Å². The van der Waals surface area contributed by atoms with Crippen LogP contribution in [0.1, 0.15) is 5.56 Å². The van der Waals surface area contributed by atoms with Gasteiger partial charge >= 0.3 is 0 Å². The third-order valence-corrected chi connectivity index (χ3v) is 4.05. The number of halogens is 1. The van der Waals surface area contributed by atoms with Crippen LogP contribution in [-0.2, 0) is 11.3 Å². The molecule has 3 rings (SSSR count). The van der Waals surface area contributed by atoms with E-state index in [-0.39, 0.29) is 17.9 Å². The average molecular weight is 371 g/mol. The Morgan fingerprint density at radius 3 is 2.78 bits per heavy atom. The maximum Gasteiger partial charge on any atom is 0.244 e. The number of rotatable bonds is 3. The lowest BCUT2D eigenvalue weighted by Crippen LogP contribution is -2.20. The van der Waals surface area contributed by atoms with Gasteiger partial charge in [-0.2, -0.15) is 0 Å². The van der Waals surface area contributed by atoms with Crippen LogP contribution in [0.2, 0.25) is 0 Å². The van der Waals surface area contributed by atoms with Gasteiger partial charge in [-0.15, -0.1) is 0 Å². The molecule has 0 aliphatic heterocycles. The molecule has 0 bridgehead atoms. The maximum absolute atomic E-state index is 12.3. The summed E-state index contributed by atoms with van der Waals surface area (Å²) in [4.78, 5) is 24.2. The number of benzene rings is 2. The standard InChI is InChI=1S/C18H15BrN2O2/c1-12-3-2-4-14(9-12)20-18(23)11-21-8-7-17(22)15-10-13(19)5-6-16(15)21/h2-10H,11H2,1H3,(H,20,23). The van der Waals surface area contributed by atoms with Gasteiger partial charge in [0.1, 0.15) is 6.54 Å². The smallest absolute Gasteiger partial charge is 0.244 e. The normalized spacial score (nSPS) is 10.7. The van der Waals surface area contributed by atoms with E-state index in [0.29, 0.717) is 5.39 Å². The minimum Gasteiger partial charge on any atom is -0.338 e. The molecule has 0 unspecified atom stereocenters. The van der Waals surface area contributed by atoms with Crippen LogP contribution in [0.5, 0.6) is 0 Å². The quantitative estimate of drug-likeness (QED) is 0.763. The Labute approximate surface area is 141 Å². The molecule has 0 aliphatic carbocycles. The summed E-state index contributed by atoms with van der Waals surface area (Å²) in [5, 5.41) is 3.46. The Balaban J connectivity index is 1.88. The zero-order chi connectivity index (χ0) is 16.4. The summed E-state index contributed by atoms with van der Waals surface area (Å²) in [5.41, 5.74) is 2.53. The van der Waals surface area contributed by atoms with Crippen LogP contribution >= 0.6 is 15.9 Å². The second kappa shape index (κ2) is 6.38. The number of nitrogens with zero attached hydrogens (tertiary/aromatic N) is 1. The minimum absolute atomic E-state index is 0.0587. The van der Waals surface area contributed by atoms with E-state index in [1.807, 2.05) is 43.3 Å². The van der Waals surface area contributed by atoms with Crippen molar-refractivity contribution in [2.24, 2.45) is 0 Å². The number of hydrogen-bond donors (Lipinski definition) is 1. The summed E-state index contributed by atoms with van der Waals surface area (Å²) in [7, 11) is 0. The minimum atomic E-state index is -0.136. The number of anilines is 1. The van der Waals surface area contributed by atoms with Gasteiger partial charge in [0.25, 0.3) is 0 Å². The van der Waals surface area contributed by atoms with Gasteiger partial charge in [-0.1, -0.05) is 28.1 Å². The van der Waals surface area contributed by atoms with Crippen molar-refractivity contribution >= 4 is 38.4 Å². The number of aromatic nitrogens is 1. The molecule has 0 saturated heterocycles. The molecule has 1 amide bonds. The zero-order valence-electron chi connectivity index (χ0n) is 12.5. The monoisotopic (exact) mass is 370 g/mol. The van der Waals surface area contributed by atoms with Crippen LogP contribution in [0.25, 0.3) is 10.9 Å². The molecule has 23 heavy (non-hydrogen) atoms. The van der Waals surface area contributed by atoms with Crippen molar-refractivity contribution < 1.29 is 4.79 Å². The first-order chi connectivity index (χ1) is 11.0. The zero-order valence-corrected chi connectivity index (χ0v) is 14.1. The fourth-order valence-electron chi connectivity index (χ4n) is 2.50. The summed E-state index contributed by atoms with van der Waals surface area (Å²) in [5.74, 6) is -0.136.